The van der Waals surface area contributed by atoms with Gasteiger partial charge in [-0.15, -0.1) is 11.6 Å². The fraction of sp³-hybridized carbons (Fsp3) is 0.429. The average Bonchev–Trinajstić information content (AvgIpc) is 2.61. The molecule has 8 heteroatoms. The van der Waals surface area contributed by atoms with Gasteiger partial charge in [-0.2, -0.15) is 5.10 Å². The van der Waals surface area contributed by atoms with Crippen molar-refractivity contribution in [3.63, 3.8) is 0 Å². The average molecular weight is 234 g/mol. The molecule has 0 bridgehead atoms. The van der Waals surface area contributed by atoms with Crippen LogP contribution in [-0.4, -0.2) is 33.7 Å². The van der Waals surface area contributed by atoms with Crippen molar-refractivity contribution in [2.75, 3.05) is 13.0 Å². The summed E-state index contributed by atoms with van der Waals surface area (Å²) < 4.78 is 5.57. The fourth-order valence-electron chi connectivity index (χ4n) is 1.07. The topological polar surface area (TPSA) is 87.3 Å². The van der Waals surface area contributed by atoms with Crippen LogP contribution in [0.3, 0.4) is 0 Å². The van der Waals surface area contributed by atoms with Gasteiger partial charge in [-0.3, -0.25) is 14.8 Å². The van der Waals surface area contributed by atoms with Crippen LogP contribution in [-0.2, 0) is 11.3 Å². The van der Waals surface area contributed by atoms with Gasteiger partial charge in [0.15, 0.2) is 0 Å². The van der Waals surface area contributed by atoms with Gasteiger partial charge in [-0.05, 0) is 0 Å². The highest BCUT2D eigenvalue weighted by Crippen LogP contribution is 2.18. The van der Waals surface area contributed by atoms with Gasteiger partial charge in [0.25, 0.3) is 0 Å². The molecule has 0 aliphatic heterocycles. The number of carbonyl (C=O) groups excluding carboxylic acids is 1. The summed E-state index contributed by atoms with van der Waals surface area (Å²) in [6, 6.07) is 0. The summed E-state index contributed by atoms with van der Waals surface area (Å²) in [7, 11) is 1.14. The minimum atomic E-state index is -0.802. The first-order chi connectivity index (χ1) is 7.11. The summed E-state index contributed by atoms with van der Waals surface area (Å²) in [5.74, 6) is -0.604. The molecule has 0 radical (unpaired) electrons. The Morgan fingerprint density at radius 2 is 2.47 bits per heavy atom. The minimum Gasteiger partial charge on any atom is -0.464 e. The van der Waals surface area contributed by atoms with E-state index in [1.807, 2.05) is 0 Å². The number of halogens is 1. The van der Waals surface area contributed by atoms with E-state index in [1.54, 1.807) is 0 Å². The van der Waals surface area contributed by atoms with Crippen LogP contribution in [0.5, 0.6) is 0 Å². The predicted octanol–water partition coefficient (Wildman–Crippen LogP) is 0.817. The Labute approximate surface area is 89.7 Å². The van der Waals surface area contributed by atoms with Crippen LogP contribution in [0, 0.1) is 10.1 Å². The summed E-state index contributed by atoms with van der Waals surface area (Å²) in [4.78, 5) is 21.1. The molecule has 0 aliphatic carbocycles. The molecule has 15 heavy (non-hydrogen) atoms. The molecule has 1 rings (SSSR count). The van der Waals surface area contributed by atoms with Crippen LogP contribution >= 0.6 is 11.6 Å². The smallest absolute Gasteiger partial charge is 0.363 e. The number of aryl methyl sites for hydroxylation is 1. The van der Waals surface area contributed by atoms with E-state index in [2.05, 4.69) is 9.84 Å². The third kappa shape index (κ3) is 2.24. The van der Waals surface area contributed by atoms with Gasteiger partial charge in [0.05, 0.1) is 18.6 Å². The first-order valence-electron chi connectivity index (χ1n) is 3.96. The van der Waals surface area contributed by atoms with E-state index >= 15 is 0 Å². The number of ether oxygens (including phenoxy) is 1. The lowest BCUT2D eigenvalue weighted by Gasteiger charge is -2.02. The third-order valence-electron chi connectivity index (χ3n) is 1.69. The molecule has 1 aromatic heterocycles. The zero-order valence-electron chi connectivity index (χ0n) is 7.84. The SMILES string of the molecule is COC(=O)c1c([N+](=O)[O-])cnn1CCCl. The number of hydrogen-bond acceptors (Lipinski definition) is 5. The largest absolute Gasteiger partial charge is 0.464 e. The highest BCUT2D eigenvalue weighted by molar-refractivity contribution is 6.17. The zero-order chi connectivity index (χ0) is 11.4. The Kier molecular flexibility index (Phi) is 3.62. The van der Waals surface area contributed by atoms with Crippen molar-refractivity contribution in [1.29, 1.82) is 0 Å². The van der Waals surface area contributed by atoms with Crippen LogP contribution in [0.1, 0.15) is 10.5 Å². The highest BCUT2D eigenvalue weighted by atomic mass is 35.5. The second kappa shape index (κ2) is 4.74. The maximum Gasteiger partial charge on any atom is 0.363 e. The molecule has 0 spiro atoms. The van der Waals surface area contributed by atoms with Crippen LogP contribution in [0.2, 0.25) is 0 Å². The Bertz CT molecular complexity index is 390. The molecule has 1 aromatic rings. The van der Waals surface area contributed by atoms with Crippen molar-refractivity contribution in [3.05, 3.63) is 22.0 Å². The van der Waals surface area contributed by atoms with Gasteiger partial charge >= 0.3 is 11.7 Å². The van der Waals surface area contributed by atoms with Crippen LogP contribution < -0.4 is 0 Å². The third-order valence-corrected chi connectivity index (χ3v) is 1.86. The summed E-state index contributed by atoms with van der Waals surface area (Å²) >= 11 is 5.46. The summed E-state index contributed by atoms with van der Waals surface area (Å²) in [5, 5.41) is 14.3. The lowest BCUT2D eigenvalue weighted by molar-refractivity contribution is -0.385. The number of rotatable bonds is 4. The van der Waals surface area contributed by atoms with Crippen molar-refractivity contribution in [1.82, 2.24) is 9.78 Å². The first kappa shape index (κ1) is 11.4. The van der Waals surface area contributed by atoms with Gasteiger partial charge in [0.1, 0.15) is 6.20 Å². The van der Waals surface area contributed by atoms with Crippen molar-refractivity contribution < 1.29 is 14.5 Å². The molecule has 0 N–H and O–H groups in total. The quantitative estimate of drug-likeness (QED) is 0.332. The number of methoxy groups -OCH3 is 1. The lowest BCUT2D eigenvalue weighted by Crippen LogP contribution is -2.14. The molecule has 0 aliphatic rings. The summed E-state index contributed by atoms with van der Waals surface area (Å²) in [6.07, 6.45) is 0.999. The number of alkyl halides is 1. The van der Waals surface area contributed by atoms with Gasteiger partial charge < -0.3 is 4.74 Å². The minimum absolute atomic E-state index is 0.192. The van der Waals surface area contributed by atoms with E-state index in [0.717, 1.165) is 18.0 Å². The summed E-state index contributed by atoms with van der Waals surface area (Å²) in [5.41, 5.74) is -0.574. The molecule has 0 saturated heterocycles. The molecule has 82 valence electrons. The second-order valence-electron chi connectivity index (χ2n) is 2.54. The number of nitro groups is 1. The molecule has 1 heterocycles. The second-order valence-corrected chi connectivity index (χ2v) is 2.92. The number of aromatic nitrogens is 2. The molecule has 0 aromatic carbocycles. The van der Waals surface area contributed by atoms with Crippen molar-refractivity contribution >= 4 is 23.3 Å². The normalized spacial score (nSPS) is 10.0. The van der Waals surface area contributed by atoms with Crippen molar-refractivity contribution in [2.24, 2.45) is 0 Å². The Morgan fingerprint density at radius 1 is 1.80 bits per heavy atom. The fourth-order valence-corrected chi connectivity index (χ4v) is 1.23. The highest BCUT2D eigenvalue weighted by Gasteiger charge is 2.27. The van der Waals surface area contributed by atoms with E-state index in [-0.39, 0.29) is 23.8 Å². The Morgan fingerprint density at radius 3 is 2.93 bits per heavy atom. The van der Waals surface area contributed by atoms with Crippen molar-refractivity contribution in [3.8, 4) is 0 Å². The van der Waals surface area contributed by atoms with E-state index in [9.17, 15) is 14.9 Å². The van der Waals surface area contributed by atoms with Crippen LogP contribution in [0.15, 0.2) is 6.20 Å². The number of nitrogens with zero attached hydrogens (tertiary/aromatic N) is 3. The molecular weight excluding hydrogens is 226 g/mol. The van der Waals surface area contributed by atoms with E-state index in [0.29, 0.717) is 0 Å². The molecule has 7 nitrogen and oxygen atoms in total. The number of carbonyl (C=O) groups is 1. The van der Waals surface area contributed by atoms with Crippen LogP contribution in [0.4, 0.5) is 5.69 Å². The predicted molar refractivity (Wildman–Crippen MR) is 50.9 cm³/mol. The van der Waals surface area contributed by atoms with E-state index in [4.69, 9.17) is 11.6 Å². The maximum atomic E-state index is 11.3. The zero-order valence-corrected chi connectivity index (χ0v) is 8.60. The van der Waals surface area contributed by atoms with E-state index < -0.39 is 10.9 Å². The van der Waals surface area contributed by atoms with Gasteiger partial charge in [-0.1, -0.05) is 0 Å². The first-order valence-corrected chi connectivity index (χ1v) is 4.49. The molecule has 0 saturated carbocycles. The lowest BCUT2D eigenvalue weighted by atomic mass is 10.3. The standard InChI is InChI=1S/C7H8ClN3O4/c1-15-7(12)6-5(11(13)14)4-9-10(6)3-2-8/h4H,2-3H2,1H3. The molecule has 0 amide bonds. The molecule has 0 unspecified atom stereocenters. The van der Waals surface area contributed by atoms with Crippen molar-refractivity contribution in [2.45, 2.75) is 6.54 Å². The molecular formula is C7H8ClN3O4. The van der Waals surface area contributed by atoms with Gasteiger partial charge in [-0.25, -0.2) is 4.79 Å². The molecule has 0 atom stereocenters. The molecule has 0 fully saturated rings. The summed E-state index contributed by atoms with van der Waals surface area (Å²) in [6.45, 7) is 0.208. The van der Waals surface area contributed by atoms with Gasteiger partial charge in [0, 0.05) is 5.88 Å². The number of hydrogen-bond donors (Lipinski definition) is 0. The maximum absolute atomic E-state index is 11.3. The van der Waals surface area contributed by atoms with E-state index in [1.165, 1.54) is 0 Å². The Hall–Kier alpha value is -1.63. The number of esters is 1. The Balaban J connectivity index is 3.19. The van der Waals surface area contributed by atoms with Crippen LogP contribution in [0.25, 0.3) is 0 Å². The monoisotopic (exact) mass is 233 g/mol. The van der Waals surface area contributed by atoms with Gasteiger partial charge in [0.2, 0.25) is 5.69 Å².